The monoisotopic (exact) mass is 299 g/mol. The third kappa shape index (κ3) is 2.76. The van der Waals surface area contributed by atoms with Gasteiger partial charge in [0.25, 0.3) is 0 Å². The molecule has 0 radical (unpaired) electrons. The van der Waals surface area contributed by atoms with Gasteiger partial charge in [-0.05, 0) is 31.4 Å². The molecule has 0 atom stereocenters. The normalized spacial score (nSPS) is 15.0. The van der Waals surface area contributed by atoms with E-state index in [1.54, 1.807) is 0 Å². The fraction of sp³-hybridized carbons (Fsp3) is 0.412. The number of carboxylic acid groups (broad SMARTS) is 1. The SMILES string of the molecule is CC(C)n1ncc(C(=O)O)c1CN1CCc2ccccc2C1. The van der Waals surface area contributed by atoms with Crippen LogP contribution in [-0.4, -0.2) is 32.3 Å². The molecule has 1 aliphatic rings. The number of aromatic nitrogens is 2. The van der Waals surface area contributed by atoms with Crippen LogP contribution >= 0.6 is 0 Å². The summed E-state index contributed by atoms with van der Waals surface area (Å²) in [6.07, 6.45) is 2.48. The molecule has 0 bridgehead atoms. The summed E-state index contributed by atoms with van der Waals surface area (Å²) < 4.78 is 1.82. The van der Waals surface area contributed by atoms with Gasteiger partial charge in [-0.1, -0.05) is 24.3 Å². The highest BCUT2D eigenvalue weighted by Gasteiger charge is 2.23. The number of hydrogen-bond donors (Lipinski definition) is 1. The van der Waals surface area contributed by atoms with E-state index in [0.717, 1.165) is 25.2 Å². The quantitative estimate of drug-likeness (QED) is 0.943. The Morgan fingerprint density at radius 2 is 2.05 bits per heavy atom. The number of benzene rings is 1. The first-order valence-corrected chi connectivity index (χ1v) is 7.65. The van der Waals surface area contributed by atoms with E-state index in [4.69, 9.17) is 0 Å². The lowest BCUT2D eigenvalue weighted by Gasteiger charge is -2.29. The Balaban J connectivity index is 1.85. The zero-order valence-electron chi connectivity index (χ0n) is 13.0. The fourth-order valence-electron chi connectivity index (χ4n) is 3.07. The van der Waals surface area contributed by atoms with Crippen LogP contribution in [-0.2, 0) is 19.5 Å². The van der Waals surface area contributed by atoms with Crippen molar-refractivity contribution in [1.82, 2.24) is 14.7 Å². The van der Waals surface area contributed by atoms with Crippen molar-refractivity contribution in [3.63, 3.8) is 0 Å². The van der Waals surface area contributed by atoms with Crippen LogP contribution in [0.25, 0.3) is 0 Å². The predicted octanol–water partition coefficient (Wildman–Crippen LogP) is 2.72. The first-order valence-electron chi connectivity index (χ1n) is 7.65. The van der Waals surface area contributed by atoms with Gasteiger partial charge in [-0.2, -0.15) is 5.10 Å². The lowest BCUT2D eigenvalue weighted by Crippen LogP contribution is -2.31. The summed E-state index contributed by atoms with van der Waals surface area (Å²) in [7, 11) is 0. The summed E-state index contributed by atoms with van der Waals surface area (Å²) in [5.41, 5.74) is 3.84. The smallest absolute Gasteiger partial charge is 0.339 e. The summed E-state index contributed by atoms with van der Waals surface area (Å²) in [4.78, 5) is 13.7. The van der Waals surface area contributed by atoms with Gasteiger partial charge in [0.05, 0.1) is 11.9 Å². The van der Waals surface area contributed by atoms with E-state index in [1.807, 2.05) is 18.5 Å². The maximum absolute atomic E-state index is 11.4. The van der Waals surface area contributed by atoms with Crippen LogP contribution in [0.4, 0.5) is 0 Å². The van der Waals surface area contributed by atoms with Crippen LogP contribution in [0, 0.1) is 0 Å². The van der Waals surface area contributed by atoms with E-state index in [-0.39, 0.29) is 6.04 Å². The Bertz CT molecular complexity index is 691. The molecule has 116 valence electrons. The summed E-state index contributed by atoms with van der Waals surface area (Å²) in [5, 5.41) is 13.6. The maximum Gasteiger partial charge on any atom is 0.339 e. The highest BCUT2D eigenvalue weighted by molar-refractivity contribution is 5.88. The van der Waals surface area contributed by atoms with Crippen molar-refractivity contribution < 1.29 is 9.90 Å². The van der Waals surface area contributed by atoms with Gasteiger partial charge >= 0.3 is 5.97 Å². The third-order valence-electron chi connectivity index (χ3n) is 4.20. The molecule has 22 heavy (non-hydrogen) atoms. The van der Waals surface area contributed by atoms with E-state index in [2.05, 4.69) is 34.3 Å². The standard InChI is InChI=1S/C17H21N3O2/c1-12(2)20-16(15(9-18-20)17(21)22)11-19-8-7-13-5-3-4-6-14(13)10-19/h3-6,9,12H,7-8,10-11H2,1-2H3,(H,21,22). The molecular weight excluding hydrogens is 278 g/mol. The van der Waals surface area contributed by atoms with Crippen LogP contribution in [0.5, 0.6) is 0 Å². The minimum Gasteiger partial charge on any atom is -0.478 e. The van der Waals surface area contributed by atoms with E-state index < -0.39 is 5.97 Å². The van der Waals surface area contributed by atoms with Gasteiger partial charge in [0.2, 0.25) is 0 Å². The average Bonchev–Trinajstić information content (AvgIpc) is 2.91. The van der Waals surface area contributed by atoms with Crippen molar-refractivity contribution in [2.24, 2.45) is 0 Å². The predicted molar refractivity (Wildman–Crippen MR) is 83.8 cm³/mol. The second-order valence-corrected chi connectivity index (χ2v) is 6.08. The highest BCUT2D eigenvalue weighted by atomic mass is 16.4. The summed E-state index contributed by atoms with van der Waals surface area (Å²) >= 11 is 0. The zero-order chi connectivity index (χ0) is 15.7. The van der Waals surface area contributed by atoms with E-state index in [0.29, 0.717) is 12.1 Å². The van der Waals surface area contributed by atoms with Crippen LogP contribution in [0.1, 0.15) is 47.1 Å². The van der Waals surface area contributed by atoms with Crippen LogP contribution in [0.15, 0.2) is 30.5 Å². The molecule has 2 heterocycles. The molecule has 1 aromatic heterocycles. The molecule has 0 fully saturated rings. The van der Waals surface area contributed by atoms with Crippen LogP contribution in [0.3, 0.4) is 0 Å². The van der Waals surface area contributed by atoms with Crippen molar-refractivity contribution in [3.05, 3.63) is 52.8 Å². The number of carboxylic acids is 1. The number of hydrogen-bond acceptors (Lipinski definition) is 3. The molecule has 0 saturated heterocycles. The second kappa shape index (κ2) is 5.93. The van der Waals surface area contributed by atoms with Crippen LogP contribution < -0.4 is 0 Å². The molecule has 5 nitrogen and oxygen atoms in total. The lowest BCUT2D eigenvalue weighted by atomic mass is 10.00. The zero-order valence-corrected chi connectivity index (χ0v) is 13.0. The number of fused-ring (bicyclic) bond motifs is 1. The molecular formula is C17H21N3O2. The average molecular weight is 299 g/mol. The van der Waals surface area contributed by atoms with E-state index in [9.17, 15) is 9.90 Å². The highest BCUT2D eigenvalue weighted by Crippen LogP contribution is 2.22. The number of aromatic carboxylic acids is 1. The summed E-state index contributed by atoms with van der Waals surface area (Å²) in [6, 6.07) is 8.61. The molecule has 0 unspecified atom stereocenters. The van der Waals surface area contributed by atoms with Gasteiger partial charge in [-0.25, -0.2) is 4.79 Å². The minimum absolute atomic E-state index is 0.153. The molecule has 5 heteroatoms. The van der Waals surface area contributed by atoms with Crippen molar-refractivity contribution in [3.8, 4) is 0 Å². The molecule has 0 aliphatic carbocycles. The first kappa shape index (κ1) is 14.8. The molecule has 3 rings (SSSR count). The van der Waals surface area contributed by atoms with E-state index >= 15 is 0 Å². The Morgan fingerprint density at radius 1 is 1.32 bits per heavy atom. The molecule has 2 aromatic rings. The second-order valence-electron chi connectivity index (χ2n) is 6.08. The van der Waals surface area contributed by atoms with Gasteiger partial charge in [0.1, 0.15) is 5.56 Å². The molecule has 0 amide bonds. The summed E-state index contributed by atoms with van der Waals surface area (Å²) in [6.45, 7) is 6.47. The van der Waals surface area contributed by atoms with Crippen molar-refractivity contribution >= 4 is 5.97 Å². The fourth-order valence-corrected chi connectivity index (χ4v) is 3.07. The molecule has 0 spiro atoms. The Kier molecular flexibility index (Phi) is 3.98. The Labute approximate surface area is 130 Å². The van der Waals surface area contributed by atoms with Crippen molar-refractivity contribution in [1.29, 1.82) is 0 Å². The largest absolute Gasteiger partial charge is 0.478 e. The van der Waals surface area contributed by atoms with Crippen LogP contribution in [0.2, 0.25) is 0 Å². The van der Waals surface area contributed by atoms with Crippen molar-refractivity contribution in [2.75, 3.05) is 6.54 Å². The van der Waals surface area contributed by atoms with Gasteiger partial charge in [0, 0.05) is 25.7 Å². The molecule has 1 aliphatic heterocycles. The molecule has 1 aromatic carbocycles. The maximum atomic E-state index is 11.4. The van der Waals surface area contributed by atoms with Gasteiger partial charge in [-0.15, -0.1) is 0 Å². The van der Waals surface area contributed by atoms with Gasteiger partial charge < -0.3 is 5.11 Å². The van der Waals surface area contributed by atoms with E-state index in [1.165, 1.54) is 17.3 Å². The number of rotatable bonds is 4. The van der Waals surface area contributed by atoms with Gasteiger partial charge in [0.15, 0.2) is 0 Å². The Hall–Kier alpha value is -2.14. The molecule has 0 saturated carbocycles. The lowest BCUT2D eigenvalue weighted by molar-refractivity contribution is 0.0693. The Morgan fingerprint density at radius 3 is 2.73 bits per heavy atom. The first-order chi connectivity index (χ1) is 10.6. The number of nitrogens with zero attached hydrogens (tertiary/aromatic N) is 3. The summed E-state index contributed by atoms with van der Waals surface area (Å²) in [5.74, 6) is -0.903. The third-order valence-corrected chi connectivity index (χ3v) is 4.20. The number of carbonyl (C=O) groups is 1. The topological polar surface area (TPSA) is 58.4 Å². The minimum atomic E-state index is -0.903. The molecule has 1 N–H and O–H groups in total. The van der Waals surface area contributed by atoms with Crippen molar-refractivity contribution in [2.45, 2.75) is 39.4 Å². The van der Waals surface area contributed by atoms with Gasteiger partial charge in [-0.3, -0.25) is 9.58 Å².